The number of nitrogens with zero attached hydrogens (tertiary/aromatic N) is 1. The van der Waals surface area contributed by atoms with Crippen LogP contribution in [0.3, 0.4) is 0 Å². The first-order valence-corrected chi connectivity index (χ1v) is 8.53. The zero-order valence-electron chi connectivity index (χ0n) is 11.8. The van der Waals surface area contributed by atoms with E-state index in [0.29, 0.717) is 0 Å². The second-order valence-corrected chi connectivity index (χ2v) is 6.55. The summed E-state index contributed by atoms with van der Waals surface area (Å²) in [6.07, 6.45) is 10.3. The van der Waals surface area contributed by atoms with Gasteiger partial charge in [-0.1, -0.05) is 25.7 Å². The van der Waals surface area contributed by atoms with Crippen LogP contribution in [-0.2, 0) is 0 Å². The van der Waals surface area contributed by atoms with Gasteiger partial charge in [-0.3, -0.25) is 0 Å². The van der Waals surface area contributed by atoms with E-state index in [0.717, 1.165) is 17.5 Å². The third-order valence-electron chi connectivity index (χ3n) is 4.13. The molecule has 0 aliphatic heterocycles. The van der Waals surface area contributed by atoms with Gasteiger partial charge in [0.1, 0.15) is 5.01 Å². The first-order chi connectivity index (χ1) is 9.92. The molecule has 0 bridgehead atoms. The van der Waals surface area contributed by atoms with Crippen LogP contribution in [0.5, 0.6) is 0 Å². The molecule has 3 rings (SSSR count). The molecule has 1 aromatic heterocycles. The van der Waals surface area contributed by atoms with Crippen molar-refractivity contribution in [2.24, 2.45) is 5.92 Å². The second kappa shape index (κ2) is 6.89. The van der Waals surface area contributed by atoms with Crippen molar-refractivity contribution in [1.82, 2.24) is 4.98 Å². The van der Waals surface area contributed by atoms with E-state index in [1.165, 1.54) is 49.8 Å². The Morgan fingerprint density at radius 2 is 1.80 bits per heavy atom. The van der Waals surface area contributed by atoms with Crippen molar-refractivity contribution < 1.29 is 0 Å². The molecule has 0 saturated heterocycles. The van der Waals surface area contributed by atoms with E-state index >= 15 is 0 Å². The van der Waals surface area contributed by atoms with Gasteiger partial charge in [-0.15, -0.1) is 11.3 Å². The van der Waals surface area contributed by atoms with Gasteiger partial charge in [0.25, 0.3) is 0 Å². The summed E-state index contributed by atoms with van der Waals surface area (Å²) in [6, 6.07) is 8.67. The molecule has 1 aromatic carbocycles. The number of aromatic nitrogens is 1. The van der Waals surface area contributed by atoms with Crippen LogP contribution in [0.15, 0.2) is 35.8 Å². The van der Waals surface area contributed by atoms with E-state index in [4.69, 9.17) is 0 Å². The maximum atomic E-state index is 4.34. The van der Waals surface area contributed by atoms with Crippen LogP contribution in [-0.4, -0.2) is 11.5 Å². The minimum atomic E-state index is 0.858. The van der Waals surface area contributed by atoms with Crippen molar-refractivity contribution >= 4 is 17.0 Å². The van der Waals surface area contributed by atoms with Crippen molar-refractivity contribution in [3.8, 4) is 10.6 Å². The van der Waals surface area contributed by atoms with E-state index in [1.54, 1.807) is 11.3 Å². The highest BCUT2D eigenvalue weighted by molar-refractivity contribution is 7.13. The molecule has 2 nitrogen and oxygen atoms in total. The molecule has 0 radical (unpaired) electrons. The predicted octanol–water partition coefficient (Wildman–Crippen LogP) is 5.19. The molecule has 1 heterocycles. The maximum Gasteiger partial charge on any atom is 0.123 e. The van der Waals surface area contributed by atoms with Gasteiger partial charge in [-0.05, 0) is 43.0 Å². The van der Waals surface area contributed by atoms with E-state index in [2.05, 4.69) is 34.6 Å². The molecule has 2 aromatic rings. The Kier molecular flexibility index (Phi) is 4.69. The molecule has 1 saturated carbocycles. The average molecular weight is 286 g/mol. The molecular weight excluding hydrogens is 264 g/mol. The first kappa shape index (κ1) is 13.6. The highest BCUT2D eigenvalue weighted by Gasteiger charge is 2.11. The van der Waals surface area contributed by atoms with Crippen molar-refractivity contribution in [3.63, 3.8) is 0 Å². The van der Waals surface area contributed by atoms with Gasteiger partial charge in [0.15, 0.2) is 0 Å². The van der Waals surface area contributed by atoms with Crippen LogP contribution in [0.25, 0.3) is 10.6 Å². The third-order valence-corrected chi connectivity index (χ3v) is 4.96. The molecule has 0 atom stereocenters. The predicted molar refractivity (Wildman–Crippen MR) is 87.2 cm³/mol. The number of benzene rings is 1. The summed E-state index contributed by atoms with van der Waals surface area (Å²) in [4.78, 5) is 4.34. The summed E-state index contributed by atoms with van der Waals surface area (Å²) in [5.74, 6) is 0.858. The fraction of sp³-hybridized carbons (Fsp3) is 0.471. The lowest BCUT2D eigenvalue weighted by Crippen LogP contribution is -2.13. The lowest BCUT2D eigenvalue weighted by Gasteiger charge is -2.15. The SMILES string of the molecule is c1csc(-c2ccc(NCC3CCCCCC3)cc2)n1. The van der Waals surface area contributed by atoms with E-state index in [1.807, 2.05) is 11.6 Å². The highest BCUT2D eigenvalue weighted by atomic mass is 32.1. The van der Waals surface area contributed by atoms with Gasteiger partial charge < -0.3 is 5.32 Å². The van der Waals surface area contributed by atoms with E-state index in [9.17, 15) is 0 Å². The summed E-state index contributed by atoms with van der Waals surface area (Å²) < 4.78 is 0. The largest absolute Gasteiger partial charge is 0.385 e. The minimum absolute atomic E-state index is 0.858. The van der Waals surface area contributed by atoms with Gasteiger partial charge in [-0.2, -0.15) is 0 Å². The lowest BCUT2D eigenvalue weighted by atomic mass is 10.0. The number of thiazole rings is 1. The Bertz CT molecular complexity index is 496. The number of hydrogen-bond acceptors (Lipinski definition) is 3. The first-order valence-electron chi connectivity index (χ1n) is 7.65. The summed E-state index contributed by atoms with van der Waals surface area (Å²) in [7, 11) is 0. The Morgan fingerprint density at radius 3 is 2.45 bits per heavy atom. The highest BCUT2D eigenvalue weighted by Crippen LogP contribution is 2.25. The van der Waals surface area contributed by atoms with Crippen LogP contribution in [0.1, 0.15) is 38.5 Å². The van der Waals surface area contributed by atoms with Gasteiger partial charge >= 0.3 is 0 Å². The molecule has 1 N–H and O–H groups in total. The normalized spacial score (nSPS) is 16.8. The molecule has 106 valence electrons. The van der Waals surface area contributed by atoms with Crippen LogP contribution in [0, 0.1) is 5.92 Å². The zero-order chi connectivity index (χ0) is 13.6. The van der Waals surface area contributed by atoms with Crippen molar-refractivity contribution in [2.45, 2.75) is 38.5 Å². The Labute approximate surface area is 125 Å². The van der Waals surface area contributed by atoms with Crippen molar-refractivity contribution in [3.05, 3.63) is 35.8 Å². The minimum Gasteiger partial charge on any atom is -0.385 e. The Balaban J connectivity index is 1.55. The number of hydrogen-bond donors (Lipinski definition) is 1. The molecular formula is C17H22N2S. The van der Waals surface area contributed by atoms with Gasteiger partial charge in [0, 0.05) is 29.4 Å². The standard InChI is InChI=1S/C17H22N2S/c1-2-4-6-14(5-3-1)13-19-16-9-7-15(8-10-16)17-18-11-12-20-17/h7-12,14,19H,1-6,13H2. The summed E-state index contributed by atoms with van der Waals surface area (Å²) >= 11 is 1.69. The fourth-order valence-electron chi connectivity index (χ4n) is 2.93. The fourth-order valence-corrected chi connectivity index (χ4v) is 3.57. The monoisotopic (exact) mass is 286 g/mol. The topological polar surface area (TPSA) is 24.9 Å². The summed E-state index contributed by atoms with van der Waals surface area (Å²) in [5.41, 5.74) is 2.44. The zero-order valence-corrected chi connectivity index (χ0v) is 12.7. The van der Waals surface area contributed by atoms with E-state index < -0.39 is 0 Å². The lowest BCUT2D eigenvalue weighted by molar-refractivity contribution is 0.483. The smallest absolute Gasteiger partial charge is 0.123 e. The third kappa shape index (κ3) is 3.60. The van der Waals surface area contributed by atoms with Crippen LogP contribution >= 0.6 is 11.3 Å². The number of rotatable bonds is 4. The van der Waals surface area contributed by atoms with Crippen LogP contribution < -0.4 is 5.32 Å². The average Bonchev–Trinajstić information content (AvgIpc) is 2.90. The molecule has 0 amide bonds. The molecule has 1 aliphatic rings. The molecule has 20 heavy (non-hydrogen) atoms. The second-order valence-electron chi connectivity index (χ2n) is 5.65. The molecule has 1 fully saturated rings. The van der Waals surface area contributed by atoms with Crippen LogP contribution in [0.4, 0.5) is 5.69 Å². The Hall–Kier alpha value is -1.35. The molecule has 1 aliphatic carbocycles. The maximum absolute atomic E-state index is 4.34. The van der Waals surface area contributed by atoms with E-state index in [-0.39, 0.29) is 0 Å². The van der Waals surface area contributed by atoms with Gasteiger partial charge in [-0.25, -0.2) is 4.98 Å². The summed E-state index contributed by atoms with van der Waals surface area (Å²) in [6.45, 7) is 1.12. The summed E-state index contributed by atoms with van der Waals surface area (Å²) in [5, 5.41) is 6.72. The Morgan fingerprint density at radius 1 is 1.05 bits per heavy atom. The van der Waals surface area contributed by atoms with Gasteiger partial charge in [0.2, 0.25) is 0 Å². The number of anilines is 1. The molecule has 3 heteroatoms. The van der Waals surface area contributed by atoms with Crippen molar-refractivity contribution in [2.75, 3.05) is 11.9 Å². The van der Waals surface area contributed by atoms with Gasteiger partial charge in [0.05, 0.1) is 0 Å². The van der Waals surface area contributed by atoms with Crippen LogP contribution in [0.2, 0.25) is 0 Å². The molecule has 0 spiro atoms. The molecule has 0 unspecified atom stereocenters. The number of nitrogens with one attached hydrogen (secondary N) is 1. The quantitative estimate of drug-likeness (QED) is 0.782. The van der Waals surface area contributed by atoms with Crippen molar-refractivity contribution in [1.29, 1.82) is 0 Å².